The molecule has 3 heterocycles. The van der Waals surface area contributed by atoms with Crippen LogP contribution in [-0.4, -0.2) is 48.8 Å². The highest BCUT2D eigenvalue weighted by atomic mass is 19.4. The van der Waals surface area contributed by atoms with Crippen molar-refractivity contribution in [3.8, 4) is 0 Å². The zero-order valence-corrected chi connectivity index (χ0v) is 23.4. The minimum Gasteiger partial charge on any atom is -0.349 e. The predicted molar refractivity (Wildman–Crippen MR) is 140 cm³/mol. The van der Waals surface area contributed by atoms with Crippen LogP contribution in [0.15, 0.2) is 23.1 Å². The maximum Gasteiger partial charge on any atom is 0.392 e. The molecule has 1 unspecified atom stereocenters. The maximum absolute atomic E-state index is 14.0. The molecule has 0 bridgehead atoms. The molecule has 0 aliphatic heterocycles. The van der Waals surface area contributed by atoms with E-state index in [9.17, 15) is 31.5 Å². The molecule has 232 valence electrons. The summed E-state index contributed by atoms with van der Waals surface area (Å²) in [5, 5.41) is 17.8. The van der Waals surface area contributed by atoms with Crippen molar-refractivity contribution < 1.29 is 36.2 Å². The summed E-state index contributed by atoms with van der Waals surface area (Å²) in [6.07, 6.45) is 1.09. The minimum absolute atomic E-state index is 0.0662. The second-order valence-electron chi connectivity index (χ2n) is 12.2. The van der Waals surface area contributed by atoms with Crippen LogP contribution in [0.4, 0.5) is 22.0 Å². The third kappa shape index (κ3) is 6.64. The molecule has 0 spiro atoms. The molecule has 3 aliphatic carbocycles. The average Bonchev–Trinajstić information content (AvgIpc) is 3.88. The maximum atomic E-state index is 14.0. The number of nitrogens with zero attached hydrogens (tertiary/aromatic N) is 5. The number of amides is 2. The Morgan fingerprint density at radius 2 is 1.74 bits per heavy atom. The van der Waals surface area contributed by atoms with Gasteiger partial charge in [-0.3, -0.25) is 9.59 Å². The quantitative estimate of drug-likeness (QED) is 0.293. The first-order chi connectivity index (χ1) is 20.4. The van der Waals surface area contributed by atoms with E-state index in [4.69, 9.17) is 4.63 Å². The molecule has 10 nitrogen and oxygen atoms in total. The summed E-state index contributed by atoms with van der Waals surface area (Å²) in [6, 6.07) is 0.454. The van der Waals surface area contributed by atoms with Crippen LogP contribution in [0, 0.1) is 17.8 Å². The number of hydrogen-bond donors (Lipinski definition) is 2. The number of imidazole rings is 1. The highest BCUT2D eigenvalue weighted by Gasteiger charge is 2.42. The van der Waals surface area contributed by atoms with Crippen molar-refractivity contribution >= 4 is 17.5 Å². The Hall–Kier alpha value is -3.65. The molecule has 3 aromatic rings. The summed E-state index contributed by atoms with van der Waals surface area (Å²) in [5.74, 6) is -5.93. The summed E-state index contributed by atoms with van der Waals surface area (Å²) < 4.78 is 73.3. The molecule has 0 aromatic carbocycles. The van der Waals surface area contributed by atoms with Crippen LogP contribution in [0.2, 0.25) is 0 Å². The van der Waals surface area contributed by atoms with Gasteiger partial charge in [0.05, 0.1) is 36.1 Å². The number of alkyl halides is 5. The topological polar surface area (TPSA) is 127 Å². The molecule has 2 N–H and O–H groups in total. The number of rotatable bonds is 10. The molecular weight excluding hydrogens is 577 g/mol. The third-order valence-corrected chi connectivity index (χ3v) is 8.71. The van der Waals surface area contributed by atoms with Crippen LogP contribution in [0.1, 0.15) is 110 Å². The summed E-state index contributed by atoms with van der Waals surface area (Å²) in [6.45, 7) is 0.972. The van der Waals surface area contributed by atoms with E-state index in [1.807, 2.05) is 0 Å². The molecular formula is C28H32F5N7O3. The van der Waals surface area contributed by atoms with Crippen molar-refractivity contribution in [1.82, 2.24) is 35.5 Å². The van der Waals surface area contributed by atoms with Crippen LogP contribution in [-0.2, 0) is 4.79 Å². The van der Waals surface area contributed by atoms with Crippen molar-refractivity contribution in [2.75, 3.05) is 0 Å². The highest BCUT2D eigenvalue weighted by molar-refractivity contribution is 5.93. The summed E-state index contributed by atoms with van der Waals surface area (Å²) in [4.78, 5) is 30.5. The van der Waals surface area contributed by atoms with Gasteiger partial charge < -0.3 is 10.6 Å². The van der Waals surface area contributed by atoms with Gasteiger partial charge in [0.2, 0.25) is 11.8 Å². The lowest BCUT2D eigenvalue weighted by Gasteiger charge is -2.33. The Morgan fingerprint density at radius 3 is 2.40 bits per heavy atom. The standard InChI is InChI=1S/C28H32F5N7O3/c1-14(28(31,32)33)10-21(41)36-22(15-2-3-15)18-11-20-35-19(13-40(20)34-12-18)23(17-6-8-27(29,30)9-7-17)37-26(42)25-24(16-4-5-16)38-43-39-25/h11-17,22-23H,2-10H2,1H3,(H,36,41)(H,37,42)/t14-,22?,23+/m1/s1. The molecule has 0 saturated heterocycles. The van der Waals surface area contributed by atoms with Gasteiger partial charge in [-0.25, -0.2) is 22.9 Å². The number of carbonyl (C=O) groups excluding carboxylic acids is 2. The number of carbonyl (C=O) groups is 2. The number of aromatic nitrogens is 5. The van der Waals surface area contributed by atoms with E-state index in [1.165, 1.54) is 10.7 Å². The average molecular weight is 610 g/mol. The zero-order valence-electron chi connectivity index (χ0n) is 23.4. The van der Waals surface area contributed by atoms with Gasteiger partial charge in [0.1, 0.15) is 5.69 Å². The van der Waals surface area contributed by atoms with E-state index in [0.29, 0.717) is 22.6 Å². The molecule has 2 amide bonds. The fourth-order valence-electron chi connectivity index (χ4n) is 5.78. The highest BCUT2D eigenvalue weighted by Crippen LogP contribution is 2.44. The normalized spacial score (nSPS) is 21.3. The van der Waals surface area contributed by atoms with E-state index in [1.54, 1.807) is 12.3 Å². The van der Waals surface area contributed by atoms with Crippen LogP contribution < -0.4 is 10.6 Å². The first kappa shape index (κ1) is 29.4. The Labute approximate surface area is 243 Å². The van der Waals surface area contributed by atoms with Crippen LogP contribution in [0.3, 0.4) is 0 Å². The van der Waals surface area contributed by atoms with Gasteiger partial charge in [-0.1, -0.05) is 12.1 Å². The third-order valence-electron chi connectivity index (χ3n) is 8.71. The molecule has 6 rings (SSSR count). The molecule has 3 saturated carbocycles. The van der Waals surface area contributed by atoms with Gasteiger partial charge in [0, 0.05) is 25.2 Å². The number of halogens is 5. The fraction of sp³-hybridized carbons (Fsp3) is 0.643. The zero-order chi connectivity index (χ0) is 30.5. The molecule has 3 aromatic heterocycles. The first-order valence-corrected chi connectivity index (χ1v) is 14.6. The van der Waals surface area contributed by atoms with Crippen molar-refractivity contribution in [3.63, 3.8) is 0 Å². The molecule has 3 fully saturated rings. The van der Waals surface area contributed by atoms with Gasteiger partial charge in [-0.2, -0.15) is 18.3 Å². The van der Waals surface area contributed by atoms with E-state index in [0.717, 1.165) is 32.6 Å². The second-order valence-corrected chi connectivity index (χ2v) is 12.2. The van der Waals surface area contributed by atoms with E-state index >= 15 is 0 Å². The Bertz CT molecular complexity index is 1490. The minimum atomic E-state index is -4.47. The van der Waals surface area contributed by atoms with Crippen molar-refractivity contribution in [2.45, 2.75) is 94.8 Å². The van der Waals surface area contributed by atoms with Gasteiger partial charge in [0.15, 0.2) is 11.3 Å². The molecule has 3 aliphatic rings. The largest absolute Gasteiger partial charge is 0.392 e. The lowest BCUT2D eigenvalue weighted by atomic mass is 9.81. The van der Waals surface area contributed by atoms with Crippen LogP contribution >= 0.6 is 0 Å². The van der Waals surface area contributed by atoms with Gasteiger partial charge in [-0.05, 0) is 67.1 Å². The fourth-order valence-corrected chi connectivity index (χ4v) is 5.78. The van der Waals surface area contributed by atoms with Gasteiger partial charge >= 0.3 is 6.18 Å². The Morgan fingerprint density at radius 1 is 1.05 bits per heavy atom. The number of fused-ring (bicyclic) bond motifs is 1. The lowest BCUT2D eigenvalue weighted by Crippen LogP contribution is -2.37. The predicted octanol–water partition coefficient (Wildman–Crippen LogP) is 5.44. The Balaban J connectivity index is 1.25. The van der Waals surface area contributed by atoms with Crippen molar-refractivity contribution in [3.05, 3.63) is 41.1 Å². The van der Waals surface area contributed by atoms with E-state index in [-0.39, 0.29) is 49.1 Å². The molecule has 3 atom stereocenters. The second kappa shape index (κ2) is 11.1. The Kier molecular flexibility index (Phi) is 7.61. The SMILES string of the molecule is C[C@H](CC(=O)NC(c1cnn2cc([C@@H](NC(=O)c3nonc3C3CC3)C3CCC(F)(F)CC3)nc2c1)C1CC1)C(F)(F)F. The summed E-state index contributed by atoms with van der Waals surface area (Å²) >= 11 is 0. The van der Waals surface area contributed by atoms with Gasteiger partial charge in [-0.15, -0.1) is 0 Å². The smallest absolute Gasteiger partial charge is 0.349 e. The van der Waals surface area contributed by atoms with Crippen molar-refractivity contribution in [2.24, 2.45) is 17.8 Å². The monoisotopic (exact) mass is 609 g/mol. The van der Waals surface area contributed by atoms with E-state index in [2.05, 4.69) is 31.0 Å². The van der Waals surface area contributed by atoms with Crippen LogP contribution in [0.25, 0.3) is 5.65 Å². The molecule has 15 heteroatoms. The molecule has 0 radical (unpaired) electrons. The first-order valence-electron chi connectivity index (χ1n) is 14.6. The van der Waals surface area contributed by atoms with Crippen LogP contribution in [0.5, 0.6) is 0 Å². The van der Waals surface area contributed by atoms with E-state index < -0.39 is 48.3 Å². The number of hydrogen-bond acceptors (Lipinski definition) is 7. The summed E-state index contributed by atoms with van der Waals surface area (Å²) in [5.41, 5.74) is 1.95. The van der Waals surface area contributed by atoms with Crippen molar-refractivity contribution in [1.29, 1.82) is 0 Å². The van der Waals surface area contributed by atoms with Gasteiger partial charge in [0.25, 0.3) is 5.91 Å². The summed E-state index contributed by atoms with van der Waals surface area (Å²) in [7, 11) is 0. The number of nitrogens with one attached hydrogen (secondary N) is 2. The lowest BCUT2D eigenvalue weighted by molar-refractivity contribution is -0.174. The molecule has 43 heavy (non-hydrogen) atoms.